The maximum atomic E-state index is 10.5. The van der Waals surface area contributed by atoms with Crippen molar-refractivity contribution >= 4 is 0 Å². The highest BCUT2D eigenvalue weighted by atomic mass is 16.5. The van der Waals surface area contributed by atoms with Gasteiger partial charge in [0.1, 0.15) is 17.6 Å². The summed E-state index contributed by atoms with van der Waals surface area (Å²) in [6.45, 7) is 4.52. The molecular formula is C15H23NO3. The fraction of sp³-hybridized carbons (Fsp3) is 0.600. The minimum absolute atomic E-state index is 0.0331. The van der Waals surface area contributed by atoms with E-state index in [1.54, 1.807) is 7.11 Å². The van der Waals surface area contributed by atoms with E-state index in [4.69, 9.17) is 15.2 Å². The van der Waals surface area contributed by atoms with Crippen molar-refractivity contribution in [2.24, 2.45) is 11.7 Å². The number of benzene rings is 1. The first kappa shape index (κ1) is 14.2. The minimum Gasteiger partial charge on any atom is -0.496 e. The highest BCUT2D eigenvalue weighted by Gasteiger charge is 2.27. The summed E-state index contributed by atoms with van der Waals surface area (Å²) in [5.41, 5.74) is 7.63. The highest BCUT2D eigenvalue weighted by Crippen LogP contribution is 2.39. The molecule has 0 saturated heterocycles. The lowest BCUT2D eigenvalue weighted by Gasteiger charge is -2.22. The first-order valence-corrected chi connectivity index (χ1v) is 6.86. The number of methoxy groups -OCH3 is 1. The molecule has 1 aromatic rings. The third kappa shape index (κ3) is 2.69. The average molecular weight is 265 g/mol. The lowest BCUT2D eigenvalue weighted by molar-refractivity contribution is 0.107. The summed E-state index contributed by atoms with van der Waals surface area (Å²) in [6.07, 6.45) is 1.28. The van der Waals surface area contributed by atoms with E-state index in [1.807, 2.05) is 26.0 Å². The standard InChI is InChI=1S/C15H23NO3/c1-4-10(8-16)15(17)12-7-13-11(5-9(2)19-13)6-14(12)18-3/h6-7,9-10,15,17H,4-5,8,16H2,1-3H3. The number of aliphatic hydroxyl groups is 1. The first-order chi connectivity index (χ1) is 9.10. The summed E-state index contributed by atoms with van der Waals surface area (Å²) in [6, 6.07) is 3.88. The molecule has 19 heavy (non-hydrogen) atoms. The van der Waals surface area contributed by atoms with Crippen LogP contribution in [0.2, 0.25) is 0 Å². The smallest absolute Gasteiger partial charge is 0.125 e. The summed E-state index contributed by atoms with van der Waals surface area (Å²) >= 11 is 0. The second-order valence-corrected chi connectivity index (χ2v) is 5.18. The molecule has 0 spiro atoms. The highest BCUT2D eigenvalue weighted by molar-refractivity contribution is 5.49. The summed E-state index contributed by atoms with van der Waals surface area (Å²) in [5, 5.41) is 10.5. The maximum Gasteiger partial charge on any atom is 0.125 e. The van der Waals surface area contributed by atoms with Crippen LogP contribution in [0.15, 0.2) is 12.1 Å². The van der Waals surface area contributed by atoms with E-state index >= 15 is 0 Å². The van der Waals surface area contributed by atoms with E-state index in [2.05, 4.69) is 0 Å². The quantitative estimate of drug-likeness (QED) is 0.855. The normalized spacial score (nSPS) is 20.6. The molecule has 3 N–H and O–H groups in total. The summed E-state index contributed by atoms with van der Waals surface area (Å²) in [7, 11) is 1.63. The number of aliphatic hydroxyl groups excluding tert-OH is 1. The fourth-order valence-electron chi connectivity index (χ4n) is 2.64. The zero-order valence-electron chi connectivity index (χ0n) is 11.8. The van der Waals surface area contributed by atoms with Gasteiger partial charge in [0.2, 0.25) is 0 Å². The zero-order chi connectivity index (χ0) is 14.0. The van der Waals surface area contributed by atoms with Gasteiger partial charge < -0.3 is 20.3 Å². The molecule has 1 aliphatic heterocycles. The third-order valence-corrected chi connectivity index (χ3v) is 3.84. The molecular weight excluding hydrogens is 242 g/mol. The average Bonchev–Trinajstić information content (AvgIpc) is 2.77. The van der Waals surface area contributed by atoms with E-state index in [0.717, 1.165) is 35.5 Å². The molecule has 106 valence electrons. The molecule has 2 rings (SSSR count). The molecule has 0 amide bonds. The Morgan fingerprint density at radius 2 is 2.26 bits per heavy atom. The second kappa shape index (κ2) is 5.80. The van der Waals surface area contributed by atoms with E-state index in [-0.39, 0.29) is 12.0 Å². The maximum absolute atomic E-state index is 10.5. The van der Waals surface area contributed by atoms with E-state index < -0.39 is 6.10 Å². The largest absolute Gasteiger partial charge is 0.496 e. The zero-order valence-corrected chi connectivity index (χ0v) is 11.8. The number of hydrogen-bond acceptors (Lipinski definition) is 4. The van der Waals surface area contributed by atoms with Gasteiger partial charge in [0.15, 0.2) is 0 Å². The Morgan fingerprint density at radius 1 is 1.53 bits per heavy atom. The van der Waals surface area contributed by atoms with Crippen molar-refractivity contribution in [3.05, 3.63) is 23.3 Å². The first-order valence-electron chi connectivity index (χ1n) is 6.86. The van der Waals surface area contributed by atoms with Gasteiger partial charge in [-0.15, -0.1) is 0 Å². The van der Waals surface area contributed by atoms with Gasteiger partial charge in [-0.3, -0.25) is 0 Å². The van der Waals surface area contributed by atoms with Gasteiger partial charge in [0, 0.05) is 23.5 Å². The molecule has 1 aliphatic rings. The Kier molecular flexibility index (Phi) is 4.32. The molecule has 0 saturated carbocycles. The number of nitrogens with two attached hydrogens (primary N) is 1. The molecule has 1 aromatic carbocycles. The molecule has 1 heterocycles. The van der Waals surface area contributed by atoms with Gasteiger partial charge in [-0.05, 0) is 32.0 Å². The van der Waals surface area contributed by atoms with Crippen LogP contribution in [0.25, 0.3) is 0 Å². The van der Waals surface area contributed by atoms with Crippen LogP contribution in [0.3, 0.4) is 0 Å². The Hall–Kier alpha value is -1.26. The summed E-state index contributed by atoms with van der Waals surface area (Å²) in [5.74, 6) is 1.61. The van der Waals surface area contributed by atoms with Crippen LogP contribution >= 0.6 is 0 Å². The molecule has 0 bridgehead atoms. The Bertz CT molecular complexity index is 443. The van der Waals surface area contributed by atoms with Gasteiger partial charge in [-0.1, -0.05) is 6.92 Å². The van der Waals surface area contributed by atoms with Gasteiger partial charge in [0.05, 0.1) is 13.2 Å². The Labute approximate surface area is 114 Å². The van der Waals surface area contributed by atoms with Crippen LogP contribution in [-0.2, 0) is 6.42 Å². The van der Waals surface area contributed by atoms with Crippen molar-refractivity contribution in [3.63, 3.8) is 0 Å². The van der Waals surface area contributed by atoms with Crippen molar-refractivity contribution in [3.8, 4) is 11.5 Å². The molecule has 4 heteroatoms. The van der Waals surface area contributed by atoms with Crippen LogP contribution in [0.5, 0.6) is 11.5 Å². The summed E-state index contributed by atoms with van der Waals surface area (Å²) < 4.78 is 11.2. The van der Waals surface area contributed by atoms with Crippen molar-refractivity contribution in [1.82, 2.24) is 0 Å². The molecule has 0 radical (unpaired) electrons. The second-order valence-electron chi connectivity index (χ2n) is 5.18. The molecule has 3 atom stereocenters. The molecule has 4 nitrogen and oxygen atoms in total. The number of fused-ring (bicyclic) bond motifs is 1. The van der Waals surface area contributed by atoms with E-state index in [9.17, 15) is 5.11 Å². The van der Waals surface area contributed by atoms with Crippen LogP contribution < -0.4 is 15.2 Å². The Morgan fingerprint density at radius 3 is 2.84 bits per heavy atom. The lowest BCUT2D eigenvalue weighted by atomic mass is 9.92. The summed E-state index contributed by atoms with van der Waals surface area (Å²) in [4.78, 5) is 0. The van der Waals surface area contributed by atoms with E-state index in [1.165, 1.54) is 0 Å². The molecule has 3 unspecified atom stereocenters. The van der Waals surface area contributed by atoms with Gasteiger partial charge in [-0.25, -0.2) is 0 Å². The molecule has 0 aromatic heterocycles. The number of hydrogen-bond donors (Lipinski definition) is 2. The van der Waals surface area contributed by atoms with Gasteiger partial charge >= 0.3 is 0 Å². The number of rotatable bonds is 5. The van der Waals surface area contributed by atoms with Crippen molar-refractivity contribution in [2.45, 2.75) is 38.9 Å². The third-order valence-electron chi connectivity index (χ3n) is 3.84. The topological polar surface area (TPSA) is 64.7 Å². The predicted octanol–water partition coefficient (Wildman–Crippen LogP) is 2.04. The molecule has 0 aliphatic carbocycles. The predicted molar refractivity (Wildman–Crippen MR) is 74.6 cm³/mol. The van der Waals surface area contributed by atoms with Crippen LogP contribution in [0.4, 0.5) is 0 Å². The van der Waals surface area contributed by atoms with Crippen molar-refractivity contribution in [2.75, 3.05) is 13.7 Å². The van der Waals surface area contributed by atoms with Crippen LogP contribution in [0, 0.1) is 5.92 Å². The van der Waals surface area contributed by atoms with E-state index in [0.29, 0.717) is 6.54 Å². The Balaban J connectivity index is 2.37. The monoisotopic (exact) mass is 265 g/mol. The van der Waals surface area contributed by atoms with Gasteiger partial charge in [0.25, 0.3) is 0 Å². The minimum atomic E-state index is -0.616. The fourth-order valence-corrected chi connectivity index (χ4v) is 2.64. The molecule has 0 fully saturated rings. The van der Waals surface area contributed by atoms with Crippen molar-refractivity contribution in [1.29, 1.82) is 0 Å². The van der Waals surface area contributed by atoms with Crippen LogP contribution in [0.1, 0.15) is 37.5 Å². The number of ether oxygens (including phenoxy) is 2. The van der Waals surface area contributed by atoms with Crippen molar-refractivity contribution < 1.29 is 14.6 Å². The van der Waals surface area contributed by atoms with Crippen LogP contribution in [-0.4, -0.2) is 24.9 Å². The van der Waals surface area contributed by atoms with Gasteiger partial charge in [-0.2, -0.15) is 0 Å². The lowest BCUT2D eigenvalue weighted by Crippen LogP contribution is -2.21. The SMILES string of the molecule is CCC(CN)C(O)c1cc2c(cc1OC)CC(C)O2.